The molecule has 4 rings (SSSR count). The fourth-order valence-electron chi connectivity index (χ4n) is 5.89. The summed E-state index contributed by atoms with van der Waals surface area (Å²) < 4.78 is 64.4. The average molecular weight is 492 g/mol. The second-order valence-electron chi connectivity index (χ2n) is 10.2. The van der Waals surface area contributed by atoms with Gasteiger partial charge < -0.3 is 9.47 Å². The van der Waals surface area contributed by atoms with Gasteiger partial charge in [0.2, 0.25) is 0 Å². The van der Waals surface area contributed by atoms with E-state index in [0.717, 1.165) is 43.6 Å². The SMILES string of the molecule is CC[C@H]1CC[C@H](CCC2CCC(c3c(F)c[c]c(Oc4ccc(OC(F)F)cc4)c3F)CC2)CC1. The summed E-state index contributed by atoms with van der Waals surface area (Å²) in [6.07, 6.45) is 12.8. The molecule has 35 heavy (non-hydrogen) atoms. The molecule has 2 aromatic carbocycles. The van der Waals surface area contributed by atoms with Crippen LogP contribution in [0.5, 0.6) is 17.2 Å². The predicted octanol–water partition coefficient (Wildman–Crippen LogP) is 9.43. The van der Waals surface area contributed by atoms with Crippen molar-refractivity contribution in [2.24, 2.45) is 17.8 Å². The van der Waals surface area contributed by atoms with E-state index in [9.17, 15) is 13.2 Å². The van der Waals surface area contributed by atoms with Crippen LogP contribution in [0.4, 0.5) is 17.6 Å². The minimum Gasteiger partial charge on any atom is -0.454 e. The van der Waals surface area contributed by atoms with E-state index in [1.54, 1.807) is 0 Å². The molecule has 2 nitrogen and oxygen atoms in total. The van der Waals surface area contributed by atoms with Crippen LogP contribution in [0.2, 0.25) is 0 Å². The minimum absolute atomic E-state index is 0.0259. The summed E-state index contributed by atoms with van der Waals surface area (Å²) in [5.74, 6) is 0.937. The summed E-state index contributed by atoms with van der Waals surface area (Å²) in [5, 5.41) is 0. The molecule has 0 spiro atoms. The molecule has 0 unspecified atom stereocenters. The van der Waals surface area contributed by atoms with Crippen LogP contribution in [-0.2, 0) is 0 Å². The Kier molecular flexibility index (Phi) is 8.96. The van der Waals surface area contributed by atoms with E-state index in [-0.39, 0.29) is 28.7 Å². The fraction of sp³-hybridized carbons (Fsp3) is 0.586. The van der Waals surface area contributed by atoms with Crippen LogP contribution in [-0.4, -0.2) is 6.61 Å². The molecule has 1 radical (unpaired) electrons. The van der Waals surface area contributed by atoms with E-state index in [2.05, 4.69) is 17.7 Å². The number of alkyl halides is 2. The molecule has 0 saturated heterocycles. The highest BCUT2D eigenvalue weighted by Crippen LogP contribution is 2.43. The standard InChI is InChI=1S/C29H35F4O2/c1-2-19-3-5-20(6-4-19)7-8-21-9-11-22(12-10-21)27-25(30)17-18-26(28(27)31)34-23-13-15-24(16-14-23)35-29(32)33/h13-17,19-22,29H,2-12H2,1H3/t19-,20-,21?,22?. The second-order valence-corrected chi connectivity index (χ2v) is 10.2. The first-order valence-corrected chi connectivity index (χ1v) is 13.0. The number of halogens is 4. The zero-order valence-corrected chi connectivity index (χ0v) is 20.4. The lowest BCUT2D eigenvalue weighted by molar-refractivity contribution is -0.0498. The zero-order valence-electron chi connectivity index (χ0n) is 20.4. The summed E-state index contributed by atoms with van der Waals surface area (Å²) in [4.78, 5) is 0. The van der Waals surface area contributed by atoms with Crippen molar-refractivity contribution in [3.8, 4) is 17.2 Å². The second kappa shape index (κ2) is 12.1. The normalized spacial score (nSPS) is 25.0. The van der Waals surface area contributed by atoms with E-state index in [1.165, 1.54) is 69.2 Å². The van der Waals surface area contributed by atoms with Crippen LogP contribution >= 0.6 is 0 Å². The van der Waals surface area contributed by atoms with Gasteiger partial charge in [0.1, 0.15) is 17.3 Å². The van der Waals surface area contributed by atoms with Gasteiger partial charge in [-0.3, -0.25) is 0 Å². The van der Waals surface area contributed by atoms with Gasteiger partial charge in [-0.1, -0.05) is 51.9 Å². The van der Waals surface area contributed by atoms with Gasteiger partial charge >= 0.3 is 6.61 Å². The van der Waals surface area contributed by atoms with Gasteiger partial charge in [-0.15, -0.1) is 0 Å². The Labute approximate surface area is 206 Å². The molecule has 0 aliphatic heterocycles. The van der Waals surface area contributed by atoms with Gasteiger partial charge in [-0.2, -0.15) is 8.78 Å². The first kappa shape index (κ1) is 25.8. The quantitative estimate of drug-likeness (QED) is 0.325. The summed E-state index contributed by atoms with van der Waals surface area (Å²) in [6.45, 7) is -0.635. The summed E-state index contributed by atoms with van der Waals surface area (Å²) in [5.41, 5.74) is 0.0766. The van der Waals surface area contributed by atoms with E-state index in [0.29, 0.717) is 5.92 Å². The maximum atomic E-state index is 15.3. The fourth-order valence-corrected chi connectivity index (χ4v) is 5.89. The van der Waals surface area contributed by atoms with E-state index < -0.39 is 18.2 Å². The maximum Gasteiger partial charge on any atom is 0.387 e. The average Bonchev–Trinajstić information content (AvgIpc) is 2.86. The van der Waals surface area contributed by atoms with Gasteiger partial charge in [0, 0.05) is 11.6 Å². The molecular formula is C29H35F4O2. The molecule has 2 fully saturated rings. The third-order valence-corrected chi connectivity index (χ3v) is 8.07. The van der Waals surface area contributed by atoms with Crippen molar-refractivity contribution in [2.75, 3.05) is 0 Å². The van der Waals surface area contributed by atoms with Crippen molar-refractivity contribution in [3.63, 3.8) is 0 Å². The lowest BCUT2D eigenvalue weighted by Gasteiger charge is -2.32. The summed E-state index contributed by atoms with van der Waals surface area (Å²) >= 11 is 0. The number of benzene rings is 2. The van der Waals surface area contributed by atoms with Crippen LogP contribution in [0.25, 0.3) is 0 Å². The van der Waals surface area contributed by atoms with Crippen LogP contribution < -0.4 is 9.47 Å². The molecule has 191 valence electrons. The minimum atomic E-state index is -2.93. The highest BCUT2D eigenvalue weighted by molar-refractivity contribution is 5.39. The number of hydrogen-bond donors (Lipinski definition) is 0. The van der Waals surface area contributed by atoms with E-state index >= 15 is 4.39 Å². The topological polar surface area (TPSA) is 18.5 Å². The van der Waals surface area contributed by atoms with Crippen molar-refractivity contribution in [1.82, 2.24) is 0 Å². The smallest absolute Gasteiger partial charge is 0.387 e. The third kappa shape index (κ3) is 6.92. The van der Waals surface area contributed by atoms with Gasteiger partial charge in [-0.25, -0.2) is 8.78 Å². The van der Waals surface area contributed by atoms with Crippen LogP contribution in [0.1, 0.15) is 89.0 Å². The predicted molar refractivity (Wildman–Crippen MR) is 128 cm³/mol. The number of ether oxygens (including phenoxy) is 2. The van der Waals surface area contributed by atoms with Crippen molar-refractivity contribution in [1.29, 1.82) is 0 Å². The lowest BCUT2D eigenvalue weighted by atomic mass is 9.74. The highest BCUT2D eigenvalue weighted by atomic mass is 19.3. The molecule has 6 heteroatoms. The molecular weight excluding hydrogens is 456 g/mol. The maximum absolute atomic E-state index is 15.3. The Morgan fingerprint density at radius 3 is 1.94 bits per heavy atom. The molecule has 0 amide bonds. The highest BCUT2D eigenvalue weighted by Gasteiger charge is 2.29. The van der Waals surface area contributed by atoms with Gasteiger partial charge in [-0.05, 0) is 79.7 Å². The molecule has 0 N–H and O–H groups in total. The largest absolute Gasteiger partial charge is 0.454 e. The van der Waals surface area contributed by atoms with Crippen molar-refractivity contribution < 1.29 is 27.0 Å². The van der Waals surface area contributed by atoms with E-state index in [4.69, 9.17) is 4.74 Å². The molecule has 0 aromatic heterocycles. The summed E-state index contributed by atoms with van der Waals surface area (Å²) in [7, 11) is 0. The Hall–Kier alpha value is -2.24. The first-order chi connectivity index (χ1) is 16.9. The Bertz CT molecular complexity index is 930. The monoisotopic (exact) mass is 491 g/mol. The number of rotatable bonds is 9. The van der Waals surface area contributed by atoms with Gasteiger partial charge in [0.05, 0.1) is 0 Å². The molecule has 0 atom stereocenters. The van der Waals surface area contributed by atoms with Crippen LogP contribution in [0, 0.1) is 35.5 Å². The van der Waals surface area contributed by atoms with Crippen LogP contribution in [0.15, 0.2) is 30.3 Å². The molecule has 0 heterocycles. The summed E-state index contributed by atoms with van der Waals surface area (Å²) in [6, 6.07) is 9.06. The lowest BCUT2D eigenvalue weighted by Crippen LogP contribution is -2.18. The first-order valence-electron chi connectivity index (χ1n) is 13.0. The van der Waals surface area contributed by atoms with E-state index in [1.807, 2.05) is 0 Å². The molecule has 2 aliphatic rings. The number of hydrogen-bond acceptors (Lipinski definition) is 2. The Balaban J connectivity index is 1.32. The molecule has 2 aromatic rings. The van der Waals surface area contributed by atoms with Crippen LogP contribution in [0.3, 0.4) is 0 Å². The van der Waals surface area contributed by atoms with Gasteiger partial charge in [0.15, 0.2) is 11.6 Å². The van der Waals surface area contributed by atoms with Crippen molar-refractivity contribution in [3.05, 3.63) is 53.6 Å². The zero-order chi connectivity index (χ0) is 24.8. The van der Waals surface area contributed by atoms with Gasteiger partial charge in [0.25, 0.3) is 0 Å². The Morgan fingerprint density at radius 2 is 1.37 bits per heavy atom. The molecule has 2 saturated carbocycles. The molecule has 2 aliphatic carbocycles. The Morgan fingerprint density at radius 1 is 0.829 bits per heavy atom. The van der Waals surface area contributed by atoms with Crippen molar-refractivity contribution >= 4 is 0 Å². The van der Waals surface area contributed by atoms with Crippen molar-refractivity contribution in [2.45, 2.75) is 90.1 Å². The molecule has 0 bridgehead atoms. The third-order valence-electron chi connectivity index (χ3n) is 8.07.